The van der Waals surface area contributed by atoms with Gasteiger partial charge in [0, 0.05) is 6.54 Å². The van der Waals surface area contributed by atoms with Crippen molar-refractivity contribution in [2.24, 2.45) is 0 Å². The van der Waals surface area contributed by atoms with Crippen LogP contribution in [-0.4, -0.2) is 21.6 Å². The molecule has 0 aliphatic carbocycles. The number of sulfonamides is 1. The average molecular weight is 241 g/mol. The standard InChI is InChI=1S/C11H15NO3S/c1-2-12-16(13,14)10-7-3-5-9-6-4-8-15-11(9)10/h3,5,7,12H,2,4,6,8H2,1H3. The highest BCUT2D eigenvalue weighted by atomic mass is 32.2. The molecule has 0 saturated heterocycles. The third kappa shape index (κ3) is 2.05. The minimum Gasteiger partial charge on any atom is -0.492 e. The van der Waals surface area contributed by atoms with E-state index >= 15 is 0 Å². The zero-order chi connectivity index (χ0) is 11.6. The first kappa shape index (κ1) is 11.4. The van der Waals surface area contributed by atoms with Crippen LogP contribution < -0.4 is 9.46 Å². The van der Waals surface area contributed by atoms with Gasteiger partial charge in [0.15, 0.2) is 0 Å². The van der Waals surface area contributed by atoms with Crippen LogP contribution in [-0.2, 0) is 16.4 Å². The number of hydrogen-bond donors (Lipinski definition) is 1. The van der Waals surface area contributed by atoms with E-state index in [2.05, 4.69) is 4.72 Å². The molecule has 0 unspecified atom stereocenters. The number of para-hydroxylation sites is 1. The fourth-order valence-corrected chi connectivity index (χ4v) is 3.07. The first-order valence-electron chi connectivity index (χ1n) is 5.39. The molecule has 88 valence electrons. The molecule has 1 N–H and O–H groups in total. The zero-order valence-electron chi connectivity index (χ0n) is 9.19. The number of nitrogens with one attached hydrogen (secondary N) is 1. The largest absolute Gasteiger partial charge is 0.492 e. The molecule has 2 rings (SSSR count). The van der Waals surface area contributed by atoms with E-state index in [4.69, 9.17) is 4.74 Å². The van der Waals surface area contributed by atoms with Crippen molar-refractivity contribution in [3.8, 4) is 5.75 Å². The molecular weight excluding hydrogens is 226 g/mol. The summed E-state index contributed by atoms with van der Waals surface area (Å²) in [5, 5.41) is 0. The van der Waals surface area contributed by atoms with Gasteiger partial charge in [0.05, 0.1) is 6.61 Å². The highest BCUT2D eigenvalue weighted by Crippen LogP contribution is 2.31. The molecule has 1 aliphatic rings. The summed E-state index contributed by atoms with van der Waals surface area (Å²) in [6.07, 6.45) is 1.82. The molecule has 0 amide bonds. The van der Waals surface area contributed by atoms with E-state index in [0.29, 0.717) is 18.9 Å². The minimum atomic E-state index is -3.43. The third-order valence-electron chi connectivity index (χ3n) is 2.52. The molecule has 0 spiro atoms. The lowest BCUT2D eigenvalue weighted by Crippen LogP contribution is -2.25. The number of rotatable bonds is 3. The molecule has 1 heterocycles. The maximum absolute atomic E-state index is 11.9. The van der Waals surface area contributed by atoms with Crippen LogP contribution in [0.25, 0.3) is 0 Å². The molecule has 0 aromatic heterocycles. The van der Waals surface area contributed by atoms with Crippen molar-refractivity contribution in [1.29, 1.82) is 0 Å². The Morgan fingerprint density at radius 3 is 3.00 bits per heavy atom. The van der Waals surface area contributed by atoms with Crippen molar-refractivity contribution >= 4 is 10.0 Å². The lowest BCUT2D eigenvalue weighted by atomic mass is 10.1. The van der Waals surface area contributed by atoms with E-state index in [9.17, 15) is 8.42 Å². The molecule has 1 aromatic carbocycles. The van der Waals surface area contributed by atoms with E-state index in [-0.39, 0.29) is 4.90 Å². The maximum atomic E-state index is 11.9. The predicted molar refractivity (Wildman–Crippen MR) is 61.1 cm³/mol. The first-order valence-corrected chi connectivity index (χ1v) is 6.88. The SMILES string of the molecule is CCNS(=O)(=O)c1cccc2c1OCCC2. The van der Waals surface area contributed by atoms with Crippen molar-refractivity contribution in [2.75, 3.05) is 13.2 Å². The summed E-state index contributed by atoms with van der Waals surface area (Å²) in [4.78, 5) is 0.256. The second-order valence-electron chi connectivity index (χ2n) is 3.70. The van der Waals surface area contributed by atoms with Gasteiger partial charge in [0.2, 0.25) is 10.0 Å². The van der Waals surface area contributed by atoms with Crippen LogP contribution in [0.2, 0.25) is 0 Å². The van der Waals surface area contributed by atoms with Crippen LogP contribution in [0.3, 0.4) is 0 Å². The smallest absolute Gasteiger partial charge is 0.244 e. The van der Waals surface area contributed by atoms with Gasteiger partial charge in [-0.1, -0.05) is 19.1 Å². The van der Waals surface area contributed by atoms with Gasteiger partial charge >= 0.3 is 0 Å². The molecule has 0 fully saturated rings. The third-order valence-corrected chi connectivity index (χ3v) is 4.09. The number of hydrogen-bond acceptors (Lipinski definition) is 3. The first-order chi connectivity index (χ1) is 7.65. The molecule has 1 aromatic rings. The Hall–Kier alpha value is -1.07. The molecule has 16 heavy (non-hydrogen) atoms. The highest BCUT2D eigenvalue weighted by Gasteiger charge is 2.22. The Morgan fingerprint density at radius 1 is 1.44 bits per heavy atom. The van der Waals surface area contributed by atoms with E-state index in [0.717, 1.165) is 18.4 Å². The Bertz CT molecular complexity index is 482. The molecule has 0 bridgehead atoms. The summed E-state index contributed by atoms with van der Waals surface area (Å²) in [5.41, 5.74) is 0.977. The van der Waals surface area contributed by atoms with Gasteiger partial charge in [-0.15, -0.1) is 0 Å². The van der Waals surface area contributed by atoms with Crippen LogP contribution in [0.5, 0.6) is 5.75 Å². The number of benzene rings is 1. The number of aryl methyl sites for hydroxylation is 1. The molecule has 0 radical (unpaired) electrons. The molecule has 1 aliphatic heterocycles. The van der Waals surface area contributed by atoms with Gasteiger partial charge in [-0.05, 0) is 24.5 Å². The molecular formula is C11H15NO3S. The molecule has 0 atom stereocenters. The van der Waals surface area contributed by atoms with Crippen LogP contribution in [0.1, 0.15) is 18.9 Å². The Labute approximate surface area is 95.7 Å². The fraction of sp³-hybridized carbons (Fsp3) is 0.455. The van der Waals surface area contributed by atoms with E-state index in [1.165, 1.54) is 0 Å². The second-order valence-corrected chi connectivity index (χ2v) is 5.43. The van der Waals surface area contributed by atoms with Crippen molar-refractivity contribution in [2.45, 2.75) is 24.7 Å². The Kier molecular flexibility index (Phi) is 3.16. The van der Waals surface area contributed by atoms with Crippen molar-refractivity contribution in [3.63, 3.8) is 0 Å². The maximum Gasteiger partial charge on any atom is 0.244 e. The van der Waals surface area contributed by atoms with Crippen LogP contribution in [0, 0.1) is 0 Å². The van der Waals surface area contributed by atoms with Gasteiger partial charge in [0.25, 0.3) is 0 Å². The van der Waals surface area contributed by atoms with Gasteiger partial charge < -0.3 is 4.74 Å². The summed E-state index contributed by atoms with van der Waals surface area (Å²) in [7, 11) is -3.43. The zero-order valence-corrected chi connectivity index (χ0v) is 10.0. The van der Waals surface area contributed by atoms with Gasteiger partial charge in [0.1, 0.15) is 10.6 Å². The van der Waals surface area contributed by atoms with Crippen molar-refractivity contribution in [1.82, 2.24) is 4.72 Å². The normalized spacial score (nSPS) is 15.3. The topological polar surface area (TPSA) is 55.4 Å². The molecule has 0 saturated carbocycles. The van der Waals surface area contributed by atoms with Crippen LogP contribution in [0.4, 0.5) is 0 Å². The summed E-state index contributed by atoms with van der Waals surface area (Å²) in [6, 6.07) is 5.26. The minimum absolute atomic E-state index is 0.256. The molecule has 4 nitrogen and oxygen atoms in total. The lowest BCUT2D eigenvalue weighted by molar-refractivity contribution is 0.280. The summed E-state index contributed by atoms with van der Waals surface area (Å²) >= 11 is 0. The number of ether oxygens (including phenoxy) is 1. The average Bonchev–Trinajstić information content (AvgIpc) is 2.28. The Morgan fingerprint density at radius 2 is 2.25 bits per heavy atom. The highest BCUT2D eigenvalue weighted by molar-refractivity contribution is 7.89. The monoisotopic (exact) mass is 241 g/mol. The van der Waals surface area contributed by atoms with Gasteiger partial charge in [-0.25, -0.2) is 13.1 Å². The predicted octanol–water partition coefficient (Wildman–Crippen LogP) is 1.31. The quantitative estimate of drug-likeness (QED) is 0.868. The van der Waals surface area contributed by atoms with Crippen LogP contribution in [0.15, 0.2) is 23.1 Å². The summed E-state index contributed by atoms with van der Waals surface area (Å²) < 4.78 is 31.8. The van der Waals surface area contributed by atoms with Gasteiger partial charge in [-0.3, -0.25) is 0 Å². The second kappa shape index (κ2) is 4.43. The summed E-state index contributed by atoms with van der Waals surface area (Å²) in [5.74, 6) is 0.523. The lowest BCUT2D eigenvalue weighted by Gasteiger charge is -2.20. The van der Waals surface area contributed by atoms with E-state index in [1.807, 2.05) is 6.07 Å². The van der Waals surface area contributed by atoms with Crippen molar-refractivity contribution < 1.29 is 13.2 Å². The Balaban J connectivity index is 2.49. The van der Waals surface area contributed by atoms with E-state index in [1.54, 1.807) is 19.1 Å². The van der Waals surface area contributed by atoms with Crippen LogP contribution >= 0.6 is 0 Å². The van der Waals surface area contributed by atoms with Gasteiger partial charge in [-0.2, -0.15) is 0 Å². The number of fused-ring (bicyclic) bond motifs is 1. The van der Waals surface area contributed by atoms with E-state index < -0.39 is 10.0 Å². The molecule has 5 heteroatoms. The summed E-state index contributed by atoms with van der Waals surface area (Å²) in [6.45, 7) is 2.73. The fourth-order valence-electron chi connectivity index (χ4n) is 1.84. The van der Waals surface area contributed by atoms with Crippen molar-refractivity contribution in [3.05, 3.63) is 23.8 Å².